The number of carbonyl (C=O) groups excluding carboxylic acids is 2. The van der Waals surface area contributed by atoms with Gasteiger partial charge in [-0.15, -0.1) is 0 Å². The van der Waals surface area contributed by atoms with Crippen molar-refractivity contribution in [2.75, 3.05) is 13.2 Å². The largest absolute Gasteiger partial charge is 0.504 e. The van der Waals surface area contributed by atoms with E-state index in [1.807, 2.05) is 0 Å². The summed E-state index contributed by atoms with van der Waals surface area (Å²) in [6.45, 7) is -0.374. The Hall–Kier alpha value is -6.18. The first-order valence-corrected chi connectivity index (χ1v) is 14.6. The highest BCUT2D eigenvalue weighted by atomic mass is 16.5. The molecule has 254 valence electrons. The van der Waals surface area contributed by atoms with Gasteiger partial charge in [0.05, 0.1) is 24.3 Å². The first-order chi connectivity index (χ1) is 22.7. The van der Waals surface area contributed by atoms with Gasteiger partial charge in [0, 0.05) is 5.92 Å². The molecule has 0 bridgehead atoms. The predicted molar refractivity (Wildman–Crippen MR) is 167 cm³/mol. The molecule has 0 saturated carbocycles. The molecule has 2 atom stereocenters. The van der Waals surface area contributed by atoms with E-state index in [-0.39, 0.29) is 72.5 Å². The third-order valence-electron chi connectivity index (χ3n) is 7.73. The van der Waals surface area contributed by atoms with Crippen molar-refractivity contribution in [3.63, 3.8) is 0 Å². The van der Waals surface area contributed by atoms with Crippen molar-refractivity contribution in [1.29, 1.82) is 0 Å². The van der Waals surface area contributed by atoms with Crippen LogP contribution in [0.3, 0.4) is 0 Å². The molecule has 0 unspecified atom stereocenters. The summed E-state index contributed by atoms with van der Waals surface area (Å²) >= 11 is 0. The molecule has 0 aliphatic rings. The predicted octanol–water partition coefficient (Wildman–Crippen LogP) is 4.25. The van der Waals surface area contributed by atoms with Crippen molar-refractivity contribution in [2.24, 2.45) is 11.8 Å². The SMILES string of the molecule is O=C(OCCC[C@@H](Cc1ccc(O)c(O)c1)[C@@H](COC(=O)c1cc(O)c(O)c(O)c1)Cc1ccc(O)c(O)c1)c1cc(O)c(O)c(O)c1. The summed E-state index contributed by atoms with van der Waals surface area (Å²) in [5.41, 5.74) is 0.702. The topological polar surface area (TPSA) is 255 Å². The van der Waals surface area contributed by atoms with E-state index < -0.39 is 52.4 Å². The Morgan fingerprint density at radius 1 is 0.500 bits per heavy atom. The van der Waals surface area contributed by atoms with E-state index in [2.05, 4.69) is 0 Å². The average Bonchev–Trinajstić information content (AvgIpc) is 3.04. The number of rotatable bonds is 13. The zero-order valence-corrected chi connectivity index (χ0v) is 25.3. The van der Waals surface area contributed by atoms with Crippen molar-refractivity contribution in [3.8, 4) is 57.5 Å². The van der Waals surface area contributed by atoms with Gasteiger partial charge in [-0.2, -0.15) is 0 Å². The lowest BCUT2D eigenvalue weighted by Gasteiger charge is -2.28. The second-order valence-electron chi connectivity index (χ2n) is 11.2. The van der Waals surface area contributed by atoms with Crippen LogP contribution in [-0.4, -0.2) is 76.2 Å². The summed E-state index contributed by atoms with van der Waals surface area (Å²) in [5, 5.41) is 98.1. The Morgan fingerprint density at radius 2 is 0.917 bits per heavy atom. The van der Waals surface area contributed by atoms with Crippen LogP contribution < -0.4 is 0 Å². The highest BCUT2D eigenvalue weighted by molar-refractivity contribution is 5.91. The van der Waals surface area contributed by atoms with E-state index >= 15 is 0 Å². The molecule has 0 amide bonds. The van der Waals surface area contributed by atoms with Gasteiger partial charge < -0.3 is 60.5 Å². The summed E-state index contributed by atoms with van der Waals surface area (Å²) in [5.74, 6) is -8.67. The minimum atomic E-state index is -0.936. The fraction of sp³-hybridized carbons (Fsp3) is 0.235. The van der Waals surface area contributed by atoms with Gasteiger partial charge in [0.25, 0.3) is 0 Å². The van der Waals surface area contributed by atoms with Gasteiger partial charge in [-0.3, -0.25) is 0 Å². The first-order valence-electron chi connectivity index (χ1n) is 14.6. The third-order valence-corrected chi connectivity index (χ3v) is 7.73. The molecule has 0 aliphatic heterocycles. The van der Waals surface area contributed by atoms with Gasteiger partial charge in [0.1, 0.15) is 0 Å². The fourth-order valence-electron chi connectivity index (χ4n) is 5.17. The summed E-state index contributed by atoms with van der Waals surface area (Å²) in [6.07, 6.45) is 1.03. The molecule has 0 fully saturated rings. The number of carbonyl (C=O) groups is 2. The zero-order chi connectivity index (χ0) is 35.1. The van der Waals surface area contributed by atoms with E-state index in [1.54, 1.807) is 12.1 Å². The average molecular weight is 667 g/mol. The standard InChI is InChI=1S/C34H34O14/c35-23-5-3-17(10-25(23)37)8-19(2-1-7-47-33(45)20-12-27(39)31(43)28(40)13-20)22(9-18-4-6-24(36)26(38)11-18)16-48-34(46)21-14-29(41)32(44)30(42)15-21/h3-6,10-15,19,22,35-44H,1-2,7-9,16H2/t19-,22+/m0/s1. The highest BCUT2D eigenvalue weighted by Crippen LogP contribution is 2.37. The number of phenolic OH excluding ortho intramolecular Hbond substituents is 10. The molecule has 4 aromatic carbocycles. The van der Waals surface area contributed by atoms with Gasteiger partial charge in [-0.05, 0) is 91.3 Å². The van der Waals surface area contributed by atoms with Crippen molar-refractivity contribution < 1.29 is 70.1 Å². The maximum Gasteiger partial charge on any atom is 0.338 e. The molecule has 10 N–H and O–H groups in total. The first kappa shape index (κ1) is 34.7. The van der Waals surface area contributed by atoms with E-state index in [4.69, 9.17) is 9.47 Å². The van der Waals surface area contributed by atoms with Gasteiger partial charge in [0.2, 0.25) is 0 Å². The normalized spacial score (nSPS) is 12.2. The Labute approximate surface area is 273 Å². The minimum absolute atomic E-state index is 0.128. The Bertz CT molecular complexity index is 1760. The quantitative estimate of drug-likeness (QED) is 0.0544. The number of ether oxygens (including phenoxy) is 2. The van der Waals surface area contributed by atoms with Gasteiger partial charge >= 0.3 is 11.9 Å². The Morgan fingerprint density at radius 3 is 1.35 bits per heavy atom. The summed E-state index contributed by atoms with van der Waals surface area (Å²) in [6, 6.07) is 12.2. The number of aromatic hydroxyl groups is 10. The van der Waals surface area contributed by atoms with E-state index in [0.717, 1.165) is 24.3 Å². The number of hydrogen-bond donors (Lipinski definition) is 10. The molecule has 14 heteroatoms. The van der Waals surface area contributed by atoms with E-state index in [0.29, 0.717) is 17.5 Å². The molecule has 4 rings (SSSR count). The monoisotopic (exact) mass is 666 g/mol. The molecule has 0 spiro atoms. The maximum atomic E-state index is 12.9. The van der Waals surface area contributed by atoms with Crippen LogP contribution in [0.1, 0.15) is 44.7 Å². The summed E-state index contributed by atoms with van der Waals surface area (Å²) in [7, 11) is 0. The fourth-order valence-corrected chi connectivity index (χ4v) is 5.17. The van der Waals surface area contributed by atoms with Gasteiger partial charge in [-0.25, -0.2) is 9.59 Å². The van der Waals surface area contributed by atoms with Crippen LogP contribution in [0.5, 0.6) is 57.5 Å². The number of phenols is 10. The number of esters is 2. The van der Waals surface area contributed by atoms with Crippen LogP contribution in [0.15, 0.2) is 60.7 Å². The van der Waals surface area contributed by atoms with Crippen molar-refractivity contribution in [3.05, 3.63) is 82.9 Å². The van der Waals surface area contributed by atoms with Crippen LogP contribution in [0.2, 0.25) is 0 Å². The number of hydrogen-bond acceptors (Lipinski definition) is 14. The van der Waals surface area contributed by atoms with Crippen LogP contribution in [0, 0.1) is 11.8 Å². The molecular weight excluding hydrogens is 632 g/mol. The molecule has 0 aliphatic carbocycles. The molecular formula is C34H34O14. The second-order valence-corrected chi connectivity index (χ2v) is 11.2. The third kappa shape index (κ3) is 8.54. The van der Waals surface area contributed by atoms with Gasteiger partial charge in [0.15, 0.2) is 57.5 Å². The molecule has 0 aromatic heterocycles. The minimum Gasteiger partial charge on any atom is -0.504 e. The van der Waals surface area contributed by atoms with Gasteiger partial charge in [-0.1, -0.05) is 12.1 Å². The van der Waals surface area contributed by atoms with Crippen molar-refractivity contribution >= 4 is 11.9 Å². The highest BCUT2D eigenvalue weighted by Gasteiger charge is 2.26. The second kappa shape index (κ2) is 14.9. The van der Waals surface area contributed by atoms with Crippen LogP contribution >= 0.6 is 0 Å². The molecule has 48 heavy (non-hydrogen) atoms. The van der Waals surface area contributed by atoms with E-state index in [1.165, 1.54) is 24.3 Å². The van der Waals surface area contributed by atoms with Crippen LogP contribution in [0.25, 0.3) is 0 Å². The lowest BCUT2D eigenvalue weighted by Crippen LogP contribution is -2.26. The smallest absolute Gasteiger partial charge is 0.338 e. The molecule has 0 radical (unpaired) electrons. The maximum absolute atomic E-state index is 12.9. The molecule has 14 nitrogen and oxygen atoms in total. The Kier molecular flexibility index (Phi) is 10.8. The van der Waals surface area contributed by atoms with Crippen LogP contribution in [0.4, 0.5) is 0 Å². The molecule has 0 saturated heterocycles. The summed E-state index contributed by atoms with van der Waals surface area (Å²) in [4.78, 5) is 25.5. The lowest BCUT2D eigenvalue weighted by molar-refractivity contribution is 0.0361. The Balaban J connectivity index is 1.57. The summed E-state index contributed by atoms with van der Waals surface area (Å²) < 4.78 is 10.9. The zero-order valence-electron chi connectivity index (χ0n) is 25.3. The molecule has 0 heterocycles. The van der Waals surface area contributed by atoms with Crippen LogP contribution in [-0.2, 0) is 22.3 Å². The number of benzene rings is 4. The lowest BCUT2D eigenvalue weighted by atomic mass is 9.80. The van der Waals surface area contributed by atoms with Crippen molar-refractivity contribution in [2.45, 2.75) is 25.7 Å². The van der Waals surface area contributed by atoms with E-state index in [9.17, 15) is 60.7 Å². The van der Waals surface area contributed by atoms with Crippen molar-refractivity contribution in [1.82, 2.24) is 0 Å². The molecule has 4 aromatic rings.